The van der Waals surface area contributed by atoms with E-state index in [0.717, 1.165) is 56.3 Å². The van der Waals surface area contributed by atoms with Crippen molar-refractivity contribution in [1.29, 1.82) is 0 Å². The number of rotatable bonds is 4. The Bertz CT molecular complexity index is 1290. The highest BCUT2D eigenvalue weighted by Gasteiger charge is 2.39. The number of hydrogen-bond donors (Lipinski definition) is 0. The number of hydrogen-bond acceptors (Lipinski definition) is 4. The van der Waals surface area contributed by atoms with E-state index < -0.39 is 32.8 Å². The van der Waals surface area contributed by atoms with E-state index in [2.05, 4.69) is 29.2 Å². The van der Waals surface area contributed by atoms with E-state index in [1.807, 2.05) is 18.2 Å². The van der Waals surface area contributed by atoms with Gasteiger partial charge in [-0.1, -0.05) is 24.3 Å². The van der Waals surface area contributed by atoms with E-state index in [1.165, 1.54) is 17.8 Å². The van der Waals surface area contributed by atoms with Gasteiger partial charge in [0.25, 0.3) is 0 Å². The molecule has 34 heavy (non-hydrogen) atoms. The summed E-state index contributed by atoms with van der Waals surface area (Å²) in [5.74, 6) is -1.53. The zero-order valence-corrected chi connectivity index (χ0v) is 19.9. The molecule has 4 nitrogen and oxygen atoms in total. The second-order valence-electron chi connectivity index (χ2n) is 9.42. The topological polar surface area (TPSA) is 46.6 Å². The van der Waals surface area contributed by atoms with Crippen LogP contribution >= 0.6 is 0 Å². The van der Waals surface area contributed by atoms with Crippen molar-refractivity contribution in [2.24, 2.45) is 0 Å². The maximum atomic E-state index is 14.5. The quantitative estimate of drug-likeness (QED) is 0.489. The van der Waals surface area contributed by atoms with Crippen LogP contribution in [-0.4, -0.2) is 33.4 Å². The molecule has 178 valence electrons. The fraction of sp³-hybridized carbons (Fsp3) is 0.333. The molecule has 1 saturated heterocycles. The molecule has 0 bridgehead atoms. The molecule has 1 fully saturated rings. The smallest absolute Gasteiger partial charge is 0.151 e. The van der Waals surface area contributed by atoms with Crippen molar-refractivity contribution < 1.29 is 21.9 Å². The van der Waals surface area contributed by atoms with Gasteiger partial charge in [-0.05, 0) is 65.9 Å². The summed E-state index contributed by atoms with van der Waals surface area (Å²) < 4.78 is 58.5. The van der Waals surface area contributed by atoms with Gasteiger partial charge in [-0.3, -0.25) is 0 Å². The Kier molecular flexibility index (Phi) is 5.84. The lowest BCUT2D eigenvalue weighted by atomic mass is 9.82. The molecular weight excluding hydrogens is 456 g/mol. The zero-order chi connectivity index (χ0) is 23.9. The van der Waals surface area contributed by atoms with Gasteiger partial charge in [0.05, 0.1) is 5.75 Å². The number of sulfone groups is 1. The van der Waals surface area contributed by atoms with E-state index in [4.69, 9.17) is 4.74 Å². The van der Waals surface area contributed by atoms with Gasteiger partial charge in [0, 0.05) is 43.4 Å². The molecule has 0 radical (unpaired) electrons. The van der Waals surface area contributed by atoms with Crippen LogP contribution in [0.2, 0.25) is 0 Å². The van der Waals surface area contributed by atoms with Gasteiger partial charge in [-0.2, -0.15) is 0 Å². The van der Waals surface area contributed by atoms with Crippen LogP contribution < -0.4 is 9.64 Å². The lowest BCUT2D eigenvalue weighted by Gasteiger charge is -2.45. The van der Waals surface area contributed by atoms with Crippen LogP contribution in [-0.2, 0) is 22.0 Å². The van der Waals surface area contributed by atoms with Gasteiger partial charge in [0.1, 0.15) is 23.0 Å². The Morgan fingerprint density at radius 1 is 0.912 bits per heavy atom. The molecule has 0 amide bonds. The Balaban J connectivity index is 1.33. The predicted molar refractivity (Wildman–Crippen MR) is 130 cm³/mol. The highest BCUT2D eigenvalue weighted by atomic mass is 32.2. The Morgan fingerprint density at radius 2 is 1.59 bits per heavy atom. The first kappa shape index (κ1) is 22.8. The molecule has 0 atom stereocenters. The van der Waals surface area contributed by atoms with Crippen molar-refractivity contribution in [2.45, 2.75) is 37.0 Å². The third-order valence-corrected chi connectivity index (χ3v) is 7.73. The van der Waals surface area contributed by atoms with Gasteiger partial charge in [-0.25, -0.2) is 17.2 Å². The summed E-state index contributed by atoms with van der Waals surface area (Å²) in [6.07, 6.45) is 4.60. The fourth-order valence-corrected chi connectivity index (χ4v) is 5.83. The Hall–Kier alpha value is -2.93. The molecule has 2 heterocycles. The summed E-state index contributed by atoms with van der Waals surface area (Å²) in [5.41, 5.74) is 2.73. The van der Waals surface area contributed by atoms with Crippen LogP contribution in [0.1, 0.15) is 30.4 Å². The van der Waals surface area contributed by atoms with Gasteiger partial charge < -0.3 is 9.64 Å². The van der Waals surface area contributed by atoms with Crippen molar-refractivity contribution in [3.8, 4) is 16.9 Å². The monoisotopic (exact) mass is 483 g/mol. The second kappa shape index (κ2) is 8.69. The van der Waals surface area contributed by atoms with Crippen molar-refractivity contribution in [3.63, 3.8) is 0 Å². The zero-order valence-electron chi connectivity index (χ0n) is 19.1. The summed E-state index contributed by atoms with van der Waals surface area (Å²) in [7, 11) is -3.54. The minimum atomic E-state index is -3.54. The molecule has 0 aromatic heterocycles. The minimum Gasteiger partial charge on any atom is -0.487 e. The van der Waals surface area contributed by atoms with Crippen LogP contribution in [0, 0.1) is 11.6 Å². The standard InChI is InChI=1S/C27H27F2NO3S/c1-34(31,32)18-23-24(28)16-21(17-25(23)29)19-7-8-26-20(15-19)9-10-27(33-26)11-13-30(14-12-27)22-5-3-2-4-6-22/h2-8,15-17H,9-14,18H2,1H3. The van der Waals surface area contributed by atoms with E-state index in [9.17, 15) is 17.2 Å². The predicted octanol–water partition coefficient (Wildman–Crippen LogP) is 5.54. The number of piperidine rings is 1. The van der Waals surface area contributed by atoms with Gasteiger partial charge in [0.2, 0.25) is 0 Å². The molecule has 7 heteroatoms. The Morgan fingerprint density at radius 3 is 2.24 bits per heavy atom. The number of benzene rings is 3. The van der Waals surface area contributed by atoms with Gasteiger partial charge >= 0.3 is 0 Å². The van der Waals surface area contributed by atoms with Gasteiger partial charge in [0.15, 0.2) is 9.84 Å². The average molecular weight is 484 g/mol. The summed E-state index contributed by atoms with van der Waals surface area (Å²) in [6.45, 7) is 1.88. The van der Waals surface area contributed by atoms with Gasteiger partial charge in [-0.15, -0.1) is 0 Å². The van der Waals surface area contributed by atoms with Crippen molar-refractivity contribution >= 4 is 15.5 Å². The molecule has 5 rings (SSSR count). The maximum Gasteiger partial charge on any atom is 0.151 e. The fourth-order valence-electron chi connectivity index (χ4n) is 5.03. The highest BCUT2D eigenvalue weighted by Crippen LogP contribution is 2.41. The second-order valence-corrected chi connectivity index (χ2v) is 11.6. The molecule has 2 aliphatic rings. The summed E-state index contributed by atoms with van der Waals surface area (Å²) >= 11 is 0. The first-order valence-electron chi connectivity index (χ1n) is 11.5. The summed E-state index contributed by atoms with van der Waals surface area (Å²) in [5, 5.41) is 0. The van der Waals surface area contributed by atoms with E-state index in [0.29, 0.717) is 11.1 Å². The lowest BCUT2D eigenvalue weighted by molar-refractivity contribution is 0.0226. The molecule has 0 N–H and O–H groups in total. The van der Waals surface area contributed by atoms with Crippen molar-refractivity contribution in [3.05, 3.63) is 83.4 Å². The van der Waals surface area contributed by atoms with Crippen molar-refractivity contribution in [2.75, 3.05) is 24.2 Å². The third kappa shape index (κ3) is 4.67. The van der Waals surface area contributed by atoms with Crippen LogP contribution in [0.25, 0.3) is 11.1 Å². The maximum absolute atomic E-state index is 14.5. The summed E-state index contributed by atoms with van der Waals surface area (Å²) in [4.78, 5) is 2.39. The highest BCUT2D eigenvalue weighted by molar-refractivity contribution is 7.89. The van der Waals surface area contributed by atoms with Crippen LogP contribution in [0.15, 0.2) is 60.7 Å². The molecule has 0 aliphatic carbocycles. The van der Waals surface area contributed by atoms with Crippen LogP contribution in [0.4, 0.5) is 14.5 Å². The van der Waals surface area contributed by atoms with Crippen LogP contribution in [0.5, 0.6) is 5.75 Å². The van der Waals surface area contributed by atoms with Crippen molar-refractivity contribution in [1.82, 2.24) is 0 Å². The van der Waals surface area contributed by atoms with E-state index in [-0.39, 0.29) is 5.60 Å². The number of anilines is 1. The molecule has 1 spiro atoms. The van der Waals surface area contributed by atoms with E-state index in [1.54, 1.807) is 6.07 Å². The molecule has 0 unspecified atom stereocenters. The Labute approximate surface area is 199 Å². The third-order valence-electron chi connectivity index (χ3n) is 6.91. The minimum absolute atomic E-state index is 0.175. The molecule has 2 aliphatic heterocycles. The summed E-state index contributed by atoms with van der Waals surface area (Å²) in [6, 6.07) is 18.4. The number of fused-ring (bicyclic) bond motifs is 1. The SMILES string of the molecule is CS(=O)(=O)Cc1c(F)cc(-c2ccc3c(c2)CCC2(CCN(c4ccccc4)CC2)O3)cc1F. The average Bonchev–Trinajstić information content (AvgIpc) is 2.81. The first-order chi connectivity index (χ1) is 16.2. The number of aryl methyl sites for hydroxylation is 1. The number of ether oxygens (including phenoxy) is 1. The lowest BCUT2D eigenvalue weighted by Crippen LogP contribution is -2.49. The largest absolute Gasteiger partial charge is 0.487 e. The van der Waals surface area contributed by atoms with Crippen LogP contribution in [0.3, 0.4) is 0 Å². The van der Waals surface area contributed by atoms with E-state index >= 15 is 0 Å². The molecule has 0 saturated carbocycles. The first-order valence-corrected chi connectivity index (χ1v) is 13.6. The molecular formula is C27H27F2NO3S. The normalized spacial score (nSPS) is 17.3. The number of para-hydroxylation sites is 1. The number of nitrogens with zero attached hydrogens (tertiary/aromatic N) is 1. The molecule has 3 aromatic rings. The number of halogens is 2. The molecule has 3 aromatic carbocycles.